The van der Waals surface area contributed by atoms with Crippen molar-refractivity contribution < 1.29 is 14.6 Å². The van der Waals surface area contributed by atoms with Gasteiger partial charge in [-0.15, -0.1) is 6.58 Å². The van der Waals surface area contributed by atoms with Gasteiger partial charge >= 0.3 is 0 Å². The molecule has 0 aromatic carbocycles. The average molecular weight is 486 g/mol. The lowest BCUT2D eigenvalue weighted by molar-refractivity contribution is -0.123. The standard InChI is InChI=1S/C29H47N3O3/c1-8-10-22(32-25(34)11-14-27(2,3)4)24(33)19-30-23-17-29(12-9-13-29)35-26-21(23)15-20(18-31-26)16-28(5,6)7/h8,15,18,22-24,30,33H,1,9-14,16-17,19H2,2-7H3,(H,32,34)/t22-,23-,24+/m0/s1. The van der Waals surface area contributed by atoms with E-state index < -0.39 is 6.10 Å². The minimum atomic E-state index is -0.721. The smallest absolute Gasteiger partial charge is 0.220 e. The molecule has 0 unspecified atom stereocenters. The number of fused-ring (bicyclic) bond motifs is 1. The van der Waals surface area contributed by atoms with Crippen LogP contribution in [0.1, 0.15) is 104 Å². The summed E-state index contributed by atoms with van der Waals surface area (Å²) in [5, 5.41) is 17.7. The number of nitrogens with zero attached hydrogens (tertiary/aromatic N) is 1. The molecule has 3 N–H and O–H groups in total. The predicted octanol–water partition coefficient (Wildman–Crippen LogP) is 5.25. The molecule has 6 nitrogen and oxygen atoms in total. The Morgan fingerprint density at radius 3 is 2.57 bits per heavy atom. The van der Waals surface area contributed by atoms with E-state index in [0.717, 1.165) is 43.5 Å². The number of carbonyl (C=O) groups is 1. The lowest BCUT2D eigenvalue weighted by atomic mass is 9.73. The van der Waals surface area contributed by atoms with Crippen LogP contribution < -0.4 is 15.4 Å². The van der Waals surface area contributed by atoms with E-state index >= 15 is 0 Å². The second-order valence-corrected chi connectivity index (χ2v) is 13.1. The third kappa shape index (κ3) is 8.04. The zero-order chi connectivity index (χ0) is 25.9. The van der Waals surface area contributed by atoms with Crippen LogP contribution in [0.25, 0.3) is 0 Å². The SMILES string of the molecule is C=CC[C@H](NC(=O)CCC(C)(C)C)[C@H](O)CN[C@H]1CC2(CCC2)Oc2ncc(CC(C)(C)C)cc21. The molecular weight excluding hydrogens is 438 g/mol. The molecular formula is C29H47N3O3. The summed E-state index contributed by atoms with van der Waals surface area (Å²) in [6.07, 6.45) is 9.84. The number of amides is 1. The quantitative estimate of drug-likeness (QED) is 0.394. The summed E-state index contributed by atoms with van der Waals surface area (Å²) in [7, 11) is 0. The number of carbonyl (C=O) groups excluding carboxylic acids is 1. The molecule has 0 saturated heterocycles. The number of nitrogens with one attached hydrogen (secondary N) is 2. The van der Waals surface area contributed by atoms with Gasteiger partial charge in [0, 0.05) is 37.2 Å². The number of pyridine rings is 1. The molecule has 1 aromatic heterocycles. The van der Waals surface area contributed by atoms with Crippen molar-refractivity contribution in [2.24, 2.45) is 10.8 Å². The van der Waals surface area contributed by atoms with E-state index in [1.165, 1.54) is 12.0 Å². The number of aliphatic hydroxyl groups excluding tert-OH is 1. The highest BCUT2D eigenvalue weighted by atomic mass is 16.5. The van der Waals surface area contributed by atoms with Crippen LogP contribution in [-0.4, -0.2) is 40.3 Å². The number of hydrogen-bond acceptors (Lipinski definition) is 5. The maximum Gasteiger partial charge on any atom is 0.220 e. The molecule has 0 radical (unpaired) electrons. The second-order valence-electron chi connectivity index (χ2n) is 13.1. The Balaban J connectivity index is 1.69. The maximum absolute atomic E-state index is 12.5. The molecule has 3 atom stereocenters. The summed E-state index contributed by atoms with van der Waals surface area (Å²) >= 11 is 0. The molecule has 1 saturated carbocycles. The molecule has 3 rings (SSSR count). The van der Waals surface area contributed by atoms with E-state index in [0.29, 0.717) is 19.4 Å². The van der Waals surface area contributed by atoms with Gasteiger partial charge < -0.3 is 20.5 Å². The Labute approximate surface area is 212 Å². The van der Waals surface area contributed by atoms with Crippen molar-refractivity contribution in [3.05, 3.63) is 36.0 Å². The van der Waals surface area contributed by atoms with Crippen LogP contribution in [-0.2, 0) is 11.2 Å². The fraction of sp³-hybridized carbons (Fsp3) is 0.724. The Morgan fingerprint density at radius 1 is 1.29 bits per heavy atom. The normalized spacial score (nSPS) is 20.8. The van der Waals surface area contributed by atoms with Crippen molar-refractivity contribution in [1.82, 2.24) is 15.6 Å². The molecule has 2 heterocycles. The zero-order valence-corrected chi connectivity index (χ0v) is 22.7. The molecule has 6 heteroatoms. The van der Waals surface area contributed by atoms with Gasteiger partial charge in [-0.05, 0) is 61.0 Å². The molecule has 196 valence electrons. The first kappa shape index (κ1) is 27.7. The lowest BCUT2D eigenvalue weighted by Crippen LogP contribution is -2.52. The summed E-state index contributed by atoms with van der Waals surface area (Å²) in [5.74, 6) is 0.699. The minimum Gasteiger partial charge on any atom is -0.471 e. The Hall–Kier alpha value is -1.92. The highest BCUT2D eigenvalue weighted by molar-refractivity contribution is 5.76. The molecule has 0 bridgehead atoms. The molecule has 2 aliphatic rings. The first-order valence-corrected chi connectivity index (χ1v) is 13.3. The molecule has 1 spiro atoms. The van der Waals surface area contributed by atoms with Crippen LogP contribution in [0.15, 0.2) is 24.9 Å². The molecule has 35 heavy (non-hydrogen) atoms. The van der Waals surface area contributed by atoms with Gasteiger partial charge in [0.05, 0.1) is 12.1 Å². The fourth-order valence-corrected chi connectivity index (χ4v) is 5.01. The van der Waals surface area contributed by atoms with Crippen molar-refractivity contribution in [1.29, 1.82) is 0 Å². The molecule has 1 fully saturated rings. The van der Waals surface area contributed by atoms with Gasteiger partial charge in [0.1, 0.15) is 5.60 Å². The second kappa shape index (κ2) is 11.0. The predicted molar refractivity (Wildman–Crippen MR) is 141 cm³/mol. The van der Waals surface area contributed by atoms with Gasteiger partial charge in [-0.25, -0.2) is 4.98 Å². The largest absolute Gasteiger partial charge is 0.471 e. The average Bonchev–Trinajstić information content (AvgIpc) is 2.72. The first-order chi connectivity index (χ1) is 16.3. The fourth-order valence-electron chi connectivity index (χ4n) is 5.01. The van der Waals surface area contributed by atoms with Gasteiger partial charge in [-0.2, -0.15) is 0 Å². The highest BCUT2D eigenvalue weighted by Crippen LogP contribution is 2.48. The number of aliphatic hydroxyl groups is 1. The van der Waals surface area contributed by atoms with Crippen LogP contribution in [0.4, 0.5) is 0 Å². The number of hydrogen-bond donors (Lipinski definition) is 3. The Bertz CT molecular complexity index is 880. The maximum atomic E-state index is 12.5. The molecule has 1 amide bonds. The van der Waals surface area contributed by atoms with E-state index in [2.05, 4.69) is 64.8 Å². The summed E-state index contributed by atoms with van der Waals surface area (Å²) in [5.41, 5.74) is 2.40. The third-order valence-electron chi connectivity index (χ3n) is 7.11. The van der Waals surface area contributed by atoms with Gasteiger partial charge in [-0.3, -0.25) is 4.79 Å². The van der Waals surface area contributed by atoms with E-state index in [4.69, 9.17) is 9.72 Å². The van der Waals surface area contributed by atoms with Gasteiger partial charge in [0.25, 0.3) is 0 Å². The topological polar surface area (TPSA) is 83.5 Å². The van der Waals surface area contributed by atoms with Gasteiger partial charge in [0.2, 0.25) is 11.8 Å². The Morgan fingerprint density at radius 2 is 2.00 bits per heavy atom. The summed E-state index contributed by atoms with van der Waals surface area (Å²) in [6.45, 7) is 17.3. The van der Waals surface area contributed by atoms with Crippen LogP contribution >= 0.6 is 0 Å². The van der Waals surface area contributed by atoms with Crippen molar-refractivity contribution in [3.63, 3.8) is 0 Å². The number of aromatic nitrogens is 1. The van der Waals surface area contributed by atoms with Crippen molar-refractivity contribution in [3.8, 4) is 5.88 Å². The Kier molecular flexibility index (Phi) is 8.69. The third-order valence-corrected chi connectivity index (χ3v) is 7.11. The van der Waals surface area contributed by atoms with Crippen LogP contribution in [0.2, 0.25) is 0 Å². The number of rotatable bonds is 10. The molecule has 1 aliphatic heterocycles. The number of ether oxygens (including phenoxy) is 1. The van der Waals surface area contributed by atoms with Gasteiger partial charge in [-0.1, -0.05) is 47.6 Å². The van der Waals surface area contributed by atoms with Crippen molar-refractivity contribution >= 4 is 5.91 Å². The van der Waals surface area contributed by atoms with E-state index in [-0.39, 0.29) is 34.4 Å². The first-order valence-electron chi connectivity index (χ1n) is 13.3. The minimum absolute atomic E-state index is 0.0216. The van der Waals surface area contributed by atoms with Gasteiger partial charge in [0.15, 0.2) is 0 Å². The summed E-state index contributed by atoms with van der Waals surface area (Å²) in [6, 6.07) is 1.91. The van der Waals surface area contributed by atoms with Crippen LogP contribution in [0.3, 0.4) is 0 Å². The van der Waals surface area contributed by atoms with Crippen molar-refractivity contribution in [2.45, 2.75) is 117 Å². The van der Waals surface area contributed by atoms with E-state index in [1.54, 1.807) is 6.08 Å². The summed E-state index contributed by atoms with van der Waals surface area (Å²) in [4.78, 5) is 17.2. The molecule has 1 aliphatic carbocycles. The van der Waals surface area contributed by atoms with Crippen molar-refractivity contribution in [2.75, 3.05) is 6.54 Å². The van der Waals surface area contributed by atoms with Crippen LogP contribution in [0.5, 0.6) is 5.88 Å². The molecule has 1 aromatic rings. The monoisotopic (exact) mass is 485 g/mol. The highest BCUT2D eigenvalue weighted by Gasteiger charge is 2.46. The van der Waals surface area contributed by atoms with E-state index in [9.17, 15) is 9.90 Å². The zero-order valence-electron chi connectivity index (χ0n) is 22.7. The van der Waals surface area contributed by atoms with E-state index in [1.807, 2.05) is 6.20 Å². The summed E-state index contributed by atoms with van der Waals surface area (Å²) < 4.78 is 6.39. The van der Waals surface area contributed by atoms with Crippen LogP contribution in [0, 0.1) is 10.8 Å². The lowest BCUT2D eigenvalue weighted by Gasteiger charge is -2.47.